The van der Waals surface area contributed by atoms with E-state index in [1.54, 1.807) is 12.1 Å². The first kappa shape index (κ1) is 18.1. The number of rotatable bonds is 5. The number of hydrogen-bond donors (Lipinski definition) is 1. The molecule has 1 saturated heterocycles. The van der Waals surface area contributed by atoms with Crippen LogP contribution < -0.4 is 5.32 Å². The number of esters is 1. The van der Waals surface area contributed by atoms with Crippen molar-refractivity contribution in [2.24, 2.45) is 0 Å². The average Bonchev–Trinajstić information content (AvgIpc) is 2.70. The van der Waals surface area contributed by atoms with E-state index in [-0.39, 0.29) is 11.9 Å². The molecule has 0 atom stereocenters. The van der Waals surface area contributed by atoms with Crippen LogP contribution in [0.25, 0.3) is 0 Å². The Bertz CT molecular complexity index is 739. The maximum Gasteiger partial charge on any atom is 0.339 e. The summed E-state index contributed by atoms with van der Waals surface area (Å²) in [6.45, 7) is 2.85. The Morgan fingerprint density at radius 1 is 1.15 bits per heavy atom. The molecule has 1 amide bonds. The van der Waals surface area contributed by atoms with Crippen LogP contribution in [0.1, 0.15) is 39.3 Å². The summed E-state index contributed by atoms with van der Waals surface area (Å²) in [4.78, 5) is 30.2. The number of piperidine rings is 1. The maximum absolute atomic E-state index is 12.3. The van der Waals surface area contributed by atoms with Gasteiger partial charge in [0.15, 0.2) is 0 Å². The Labute approximate surface area is 153 Å². The summed E-state index contributed by atoms with van der Waals surface area (Å²) in [6, 6.07) is 13.7. The molecule has 0 saturated carbocycles. The zero-order valence-corrected chi connectivity index (χ0v) is 14.9. The van der Waals surface area contributed by atoms with Gasteiger partial charge >= 0.3 is 5.97 Å². The Balaban J connectivity index is 1.48. The molecule has 26 heavy (non-hydrogen) atoms. The highest BCUT2D eigenvalue weighted by Gasteiger charge is 2.21. The third kappa shape index (κ3) is 4.67. The second-order valence-electron chi connectivity index (χ2n) is 6.43. The van der Waals surface area contributed by atoms with Gasteiger partial charge in [-0.2, -0.15) is 0 Å². The van der Waals surface area contributed by atoms with Crippen LogP contribution in [0.5, 0.6) is 0 Å². The lowest BCUT2D eigenvalue weighted by atomic mass is 10.0. The van der Waals surface area contributed by atoms with Crippen LogP contribution in [0.3, 0.4) is 0 Å². The summed E-state index contributed by atoms with van der Waals surface area (Å²) in [6.07, 6.45) is 3.20. The van der Waals surface area contributed by atoms with Crippen LogP contribution in [-0.4, -0.2) is 48.0 Å². The molecule has 3 rings (SSSR count). The molecule has 1 N–H and O–H groups in total. The van der Waals surface area contributed by atoms with Crippen molar-refractivity contribution in [2.45, 2.75) is 25.4 Å². The lowest BCUT2D eigenvalue weighted by Gasteiger charge is -2.32. The second kappa shape index (κ2) is 8.58. The van der Waals surface area contributed by atoms with Crippen LogP contribution in [0.4, 0.5) is 0 Å². The topological polar surface area (TPSA) is 71.5 Å². The van der Waals surface area contributed by atoms with Crippen molar-refractivity contribution in [1.29, 1.82) is 0 Å². The molecule has 0 spiro atoms. The molecule has 2 heterocycles. The van der Waals surface area contributed by atoms with Crippen molar-refractivity contribution >= 4 is 11.9 Å². The van der Waals surface area contributed by atoms with Crippen molar-refractivity contribution in [1.82, 2.24) is 15.2 Å². The van der Waals surface area contributed by atoms with Gasteiger partial charge in [0.25, 0.3) is 5.91 Å². The van der Waals surface area contributed by atoms with Crippen LogP contribution >= 0.6 is 0 Å². The molecule has 136 valence electrons. The number of pyridine rings is 1. The molecule has 1 fully saturated rings. The lowest BCUT2D eigenvalue weighted by Crippen LogP contribution is -2.44. The fraction of sp³-hybridized carbons (Fsp3) is 0.350. The number of benzene rings is 1. The molecule has 1 aromatic heterocycles. The lowest BCUT2D eigenvalue weighted by molar-refractivity contribution is 0.0599. The smallest absolute Gasteiger partial charge is 0.339 e. The Kier molecular flexibility index (Phi) is 5.96. The molecule has 0 bridgehead atoms. The summed E-state index contributed by atoms with van der Waals surface area (Å²) in [5.74, 6) is -0.668. The highest BCUT2D eigenvalue weighted by atomic mass is 16.5. The van der Waals surface area contributed by atoms with Gasteiger partial charge in [-0.05, 0) is 30.5 Å². The number of methoxy groups -OCH3 is 1. The van der Waals surface area contributed by atoms with Gasteiger partial charge < -0.3 is 10.1 Å². The largest absolute Gasteiger partial charge is 0.465 e. The second-order valence-corrected chi connectivity index (χ2v) is 6.43. The van der Waals surface area contributed by atoms with Gasteiger partial charge in [-0.3, -0.25) is 14.7 Å². The number of aromatic nitrogens is 1. The number of amides is 1. The molecular formula is C20H23N3O3. The van der Waals surface area contributed by atoms with Crippen molar-refractivity contribution < 1.29 is 14.3 Å². The van der Waals surface area contributed by atoms with E-state index in [0.717, 1.165) is 32.5 Å². The monoisotopic (exact) mass is 353 g/mol. The predicted molar refractivity (Wildman–Crippen MR) is 97.8 cm³/mol. The first-order valence-electron chi connectivity index (χ1n) is 8.77. The number of hydrogen-bond acceptors (Lipinski definition) is 5. The highest BCUT2D eigenvalue weighted by Crippen LogP contribution is 2.14. The fourth-order valence-electron chi connectivity index (χ4n) is 3.10. The normalized spacial score (nSPS) is 15.4. The standard InChI is InChI=1S/C20H23N3O3/c1-26-20(25)16-7-8-18(21-13-16)19(24)22-17-9-11-23(12-10-17)14-15-5-3-2-4-6-15/h2-8,13,17H,9-12,14H2,1H3,(H,22,24). The van der Waals surface area contributed by atoms with Crippen LogP contribution in [0, 0.1) is 0 Å². The van der Waals surface area contributed by atoms with Gasteiger partial charge in [0, 0.05) is 31.9 Å². The third-order valence-corrected chi connectivity index (χ3v) is 4.59. The molecule has 0 radical (unpaired) electrons. The molecular weight excluding hydrogens is 330 g/mol. The SMILES string of the molecule is COC(=O)c1ccc(C(=O)NC2CCN(Cc3ccccc3)CC2)nc1. The average molecular weight is 353 g/mol. The van der Waals surface area contributed by atoms with E-state index in [1.807, 2.05) is 6.07 Å². The van der Waals surface area contributed by atoms with Crippen molar-refractivity contribution in [3.8, 4) is 0 Å². The minimum atomic E-state index is -0.463. The van der Waals surface area contributed by atoms with E-state index in [1.165, 1.54) is 18.9 Å². The van der Waals surface area contributed by atoms with E-state index in [2.05, 4.69) is 44.2 Å². The first-order chi connectivity index (χ1) is 12.7. The molecule has 1 aromatic carbocycles. The third-order valence-electron chi connectivity index (χ3n) is 4.59. The van der Waals surface area contributed by atoms with Crippen LogP contribution in [0.15, 0.2) is 48.7 Å². The van der Waals surface area contributed by atoms with Crippen molar-refractivity contribution in [3.63, 3.8) is 0 Å². The Hall–Kier alpha value is -2.73. The minimum Gasteiger partial charge on any atom is -0.465 e. The number of ether oxygens (including phenoxy) is 1. The van der Waals surface area contributed by atoms with E-state index in [0.29, 0.717) is 11.3 Å². The number of carbonyl (C=O) groups is 2. The molecule has 1 aliphatic heterocycles. The zero-order valence-electron chi connectivity index (χ0n) is 14.9. The fourth-order valence-corrected chi connectivity index (χ4v) is 3.10. The van der Waals surface area contributed by atoms with E-state index < -0.39 is 5.97 Å². The van der Waals surface area contributed by atoms with Gasteiger partial charge in [-0.25, -0.2) is 4.79 Å². The summed E-state index contributed by atoms with van der Waals surface area (Å²) in [5, 5.41) is 3.04. The Morgan fingerprint density at radius 3 is 2.50 bits per heavy atom. The minimum absolute atomic E-state index is 0.150. The summed E-state index contributed by atoms with van der Waals surface area (Å²) in [7, 11) is 1.31. The van der Waals surface area contributed by atoms with Gasteiger partial charge in [0.1, 0.15) is 5.69 Å². The number of nitrogens with one attached hydrogen (secondary N) is 1. The molecule has 0 unspecified atom stereocenters. The molecule has 2 aromatic rings. The van der Waals surface area contributed by atoms with Gasteiger partial charge in [0.05, 0.1) is 12.7 Å². The highest BCUT2D eigenvalue weighted by molar-refractivity contribution is 5.94. The zero-order chi connectivity index (χ0) is 18.4. The van der Waals surface area contributed by atoms with Gasteiger partial charge in [0.2, 0.25) is 0 Å². The quantitative estimate of drug-likeness (QED) is 0.835. The summed E-state index contributed by atoms with van der Waals surface area (Å²) >= 11 is 0. The number of likely N-dealkylation sites (tertiary alicyclic amines) is 1. The molecule has 0 aliphatic carbocycles. The van der Waals surface area contributed by atoms with Crippen LogP contribution in [-0.2, 0) is 11.3 Å². The maximum atomic E-state index is 12.3. The van der Waals surface area contributed by atoms with E-state index >= 15 is 0 Å². The van der Waals surface area contributed by atoms with E-state index in [4.69, 9.17) is 0 Å². The van der Waals surface area contributed by atoms with Gasteiger partial charge in [-0.1, -0.05) is 30.3 Å². The summed E-state index contributed by atoms with van der Waals surface area (Å²) in [5.41, 5.74) is 1.95. The summed E-state index contributed by atoms with van der Waals surface area (Å²) < 4.78 is 4.63. The van der Waals surface area contributed by atoms with E-state index in [9.17, 15) is 9.59 Å². The molecule has 6 nitrogen and oxygen atoms in total. The molecule has 6 heteroatoms. The first-order valence-corrected chi connectivity index (χ1v) is 8.77. The van der Waals surface area contributed by atoms with Crippen LogP contribution in [0.2, 0.25) is 0 Å². The molecule has 1 aliphatic rings. The number of nitrogens with zero attached hydrogens (tertiary/aromatic N) is 2. The predicted octanol–water partition coefficient (Wildman–Crippen LogP) is 2.26. The van der Waals surface area contributed by atoms with Crippen molar-refractivity contribution in [2.75, 3.05) is 20.2 Å². The van der Waals surface area contributed by atoms with Crippen molar-refractivity contribution in [3.05, 3.63) is 65.5 Å². The number of carbonyl (C=O) groups excluding carboxylic acids is 2. The van der Waals surface area contributed by atoms with Gasteiger partial charge in [-0.15, -0.1) is 0 Å². The Morgan fingerprint density at radius 2 is 1.88 bits per heavy atom.